The van der Waals surface area contributed by atoms with Crippen LogP contribution in [-0.4, -0.2) is 44.5 Å². The maximum Gasteiger partial charge on any atom is 0.327 e. The van der Waals surface area contributed by atoms with Crippen LogP contribution >= 0.6 is 0 Å². The second kappa shape index (κ2) is 8.62. The standard InChI is InChI=1S/C18H23NO4/c1-4-23-19(17(13-21-2)18(20)22-3)12-15-10-7-9-14-8-5-6-11-16(14)15/h5-11,17H,4,12-13H2,1-3H3. The third-order valence-electron chi connectivity index (χ3n) is 3.65. The van der Waals surface area contributed by atoms with Crippen LogP contribution in [0.15, 0.2) is 42.5 Å². The molecule has 0 aliphatic carbocycles. The zero-order chi connectivity index (χ0) is 16.7. The van der Waals surface area contributed by atoms with Crippen LogP contribution in [0.3, 0.4) is 0 Å². The lowest BCUT2D eigenvalue weighted by atomic mass is 10.0. The molecule has 5 heteroatoms. The van der Waals surface area contributed by atoms with Crippen molar-refractivity contribution in [2.45, 2.75) is 19.5 Å². The van der Waals surface area contributed by atoms with Crippen LogP contribution in [0.5, 0.6) is 0 Å². The van der Waals surface area contributed by atoms with Gasteiger partial charge in [0.2, 0.25) is 0 Å². The second-order valence-corrected chi connectivity index (χ2v) is 5.13. The van der Waals surface area contributed by atoms with Gasteiger partial charge in [-0.25, -0.2) is 0 Å². The zero-order valence-corrected chi connectivity index (χ0v) is 13.8. The van der Waals surface area contributed by atoms with Gasteiger partial charge in [0.15, 0.2) is 6.04 Å². The molecule has 0 amide bonds. The van der Waals surface area contributed by atoms with E-state index in [1.165, 1.54) is 7.11 Å². The Labute approximate surface area is 136 Å². The number of carbonyl (C=O) groups is 1. The first kappa shape index (κ1) is 17.4. The topological polar surface area (TPSA) is 48.0 Å². The van der Waals surface area contributed by atoms with Crippen molar-refractivity contribution in [3.05, 3.63) is 48.0 Å². The van der Waals surface area contributed by atoms with Gasteiger partial charge in [0.25, 0.3) is 0 Å². The van der Waals surface area contributed by atoms with Gasteiger partial charge >= 0.3 is 5.97 Å². The minimum absolute atomic E-state index is 0.206. The maximum atomic E-state index is 12.0. The normalized spacial score (nSPS) is 12.5. The van der Waals surface area contributed by atoms with Crippen LogP contribution in [0, 0.1) is 0 Å². The van der Waals surface area contributed by atoms with Crippen molar-refractivity contribution in [3.63, 3.8) is 0 Å². The molecule has 5 nitrogen and oxygen atoms in total. The summed E-state index contributed by atoms with van der Waals surface area (Å²) in [5, 5.41) is 3.93. The summed E-state index contributed by atoms with van der Waals surface area (Å²) in [6, 6.07) is 13.6. The number of ether oxygens (including phenoxy) is 2. The van der Waals surface area contributed by atoms with E-state index in [4.69, 9.17) is 14.3 Å². The van der Waals surface area contributed by atoms with Gasteiger partial charge in [0.05, 0.1) is 26.9 Å². The van der Waals surface area contributed by atoms with Crippen molar-refractivity contribution in [1.29, 1.82) is 0 Å². The first-order valence-electron chi connectivity index (χ1n) is 7.64. The third kappa shape index (κ3) is 4.28. The fourth-order valence-corrected chi connectivity index (χ4v) is 2.57. The van der Waals surface area contributed by atoms with Crippen molar-refractivity contribution in [2.24, 2.45) is 0 Å². The van der Waals surface area contributed by atoms with E-state index in [1.807, 2.05) is 31.2 Å². The Morgan fingerprint density at radius 3 is 2.57 bits per heavy atom. The highest BCUT2D eigenvalue weighted by Crippen LogP contribution is 2.21. The van der Waals surface area contributed by atoms with E-state index in [0.29, 0.717) is 13.2 Å². The lowest BCUT2D eigenvalue weighted by Crippen LogP contribution is -2.44. The van der Waals surface area contributed by atoms with E-state index >= 15 is 0 Å². The van der Waals surface area contributed by atoms with E-state index in [0.717, 1.165) is 16.3 Å². The molecule has 23 heavy (non-hydrogen) atoms. The summed E-state index contributed by atoms with van der Waals surface area (Å²) in [5.41, 5.74) is 1.08. The molecule has 0 N–H and O–H groups in total. The van der Waals surface area contributed by atoms with Crippen LogP contribution in [0.4, 0.5) is 0 Å². The molecule has 0 aliphatic heterocycles. The van der Waals surface area contributed by atoms with E-state index in [2.05, 4.69) is 18.2 Å². The van der Waals surface area contributed by atoms with Gasteiger partial charge in [-0.3, -0.25) is 9.63 Å². The first-order valence-corrected chi connectivity index (χ1v) is 7.64. The van der Waals surface area contributed by atoms with Crippen molar-refractivity contribution in [3.8, 4) is 0 Å². The molecule has 124 valence electrons. The van der Waals surface area contributed by atoms with Gasteiger partial charge < -0.3 is 9.47 Å². The summed E-state index contributed by atoms with van der Waals surface area (Å²) in [6.07, 6.45) is 0. The molecule has 0 saturated carbocycles. The van der Waals surface area contributed by atoms with Crippen LogP contribution in [0.2, 0.25) is 0 Å². The average Bonchev–Trinajstić information content (AvgIpc) is 2.59. The smallest absolute Gasteiger partial charge is 0.327 e. The molecule has 0 bridgehead atoms. The largest absolute Gasteiger partial charge is 0.468 e. The SMILES string of the molecule is CCON(Cc1cccc2ccccc12)C(COC)C(=O)OC. The van der Waals surface area contributed by atoms with Gasteiger partial charge in [0, 0.05) is 7.11 Å². The molecule has 0 radical (unpaired) electrons. The number of esters is 1. The zero-order valence-electron chi connectivity index (χ0n) is 13.8. The van der Waals surface area contributed by atoms with Crippen molar-refractivity contribution in [1.82, 2.24) is 5.06 Å². The molecule has 1 unspecified atom stereocenters. The fraction of sp³-hybridized carbons (Fsp3) is 0.389. The Morgan fingerprint density at radius 1 is 1.13 bits per heavy atom. The Hall–Kier alpha value is -1.95. The molecule has 0 heterocycles. The maximum absolute atomic E-state index is 12.0. The van der Waals surface area contributed by atoms with Crippen LogP contribution in [0.25, 0.3) is 10.8 Å². The quantitative estimate of drug-likeness (QED) is 0.553. The Morgan fingerprint density at radius 2 is 1.87 bits per heavy atom. The molecule has 2 aromatic carbocycles. The molecular formula is C18H23NO4. The van der Waals surface area contributed by atoms with Gasteiger partial charge in [-0.1, -0.05) is 42.5 Å². The Balaban J connectivity index is 2.31. The molecule has 0 saturated heterocycles. The first-order chi connectivity index (χ1) is 11.2. The highest BCUT2D eigenvalue weighted by molar-refractivity contribution is 5.85. The highest BCUT2D eigenvalue weighted by Gasteiger charge is 2.28. The predicted octanol–water partition coefficient (Wildman–Crippen LogP) is 2.78. The number of rotatable bonds is 8. The molecule has 0 fully saturated rings. The number of methoxy groups -OCH3 is 2. The van der Waals surface area contributed by atoms with Crippen molar-refractivity contribution < 1.29 is 19.1 Å². The number of hydrogen-bond acceptors (Lipinski definition) is 5. The number of hydrogen-bond donors (Lipinski definition) is 0. The number of benzene rings is 2. The third-order valence-corrected chi connectivity index (χ3v) is 3.65. The Bertz CT molecular complexity index is 638. The molecule has 2 aromatic rings. The minimum Gasteiger partial charge on any atom is -0.468 e. The summed E-state index contributed by atoms with van der Waals surface area (Å²) in [5.74, 6) is -0.375. The summed E-state index contributed by atoms with van der Waals surface area (Å²) >= 11 is 0. The predicted molar refractivity (Wildman–Crippen MR) is 88.8 cm³/mol. The molecule has 0 aliphatic rings. The molecule has 2 rings (SSSR count). The van der Waals surface area contributed by atoms with Crippen molar-refractivity contribution >= 4 is 16.7 Å². The number of hydroxylamine groups is 2. The minimum atomic E-state index is -0.607. The monoisotopic (exact) mass is 317 g/mol. The van der Waals surface area contributed by atoms with E-state index in [1.54, 1.807) is 12.2 Å². The fourth-order valence-electron chi connectivity index (χ4n) is 2.57. The van der Waals surface area contributed by atoms with Crippen LogP contribution < -0.4 is 0 Å². The number of nitrogens with zero attached hydrogens (tertiary/aromatic N) is 1. The summed E-state index contributed by atoms with van der Waals surface area (Å²) in [4.78, 5) is 17.7. The van der Waals surface area contributed by atoms with Gasteiger partial charge in [-0.05, 0) is 23.3 Å². The summed E-state index contributed by atoms with van der Waals surface area (Å²) in [7, 11) is 2.92. The van der Waals surface area contributed by atoms with E-state index in [9.17, 15) is 4.79 Å². The molecule has 0 aromatic heterocycles. The van der Waals surface area contributed by atoms with Gasteiger partial charge in [0.1, 0.15) is 0 Å². The van der Waals surface area contributed by atoms with Gasteiger partial charge in [-0.15, -0.1) is 0 Å². The number of carbonyl (C=O) groups excluding carboxylic acids is 1. The summed E-state index contributed by atoms with van der Waals surface area (Å²) < 4.78 is 10.0. The van der Waals surface area contributed by atoms with E-state index in [-0.39, 0.29) is 12.6 Å². The van der Waals surface area contributed by atoms with E-state index < -0.39 is 6.04 Å². The van der Waals surface area contributed by atoms with Gasteiger partial charge in [-0.2, -0.15) is 5.06 Å². The Kier molecular flexibility index (Phi) is 6.52. The number of fused-ring (bicyclic) bond motifs is 1. The molecule has 1 atom stereocenters. The van der Waals surface area contributed by atoms with Crippen LogP contribution in [0.1, 0.15) is 12.5 Å². The second-order valence-electron chi connectivity index (χ2n) is 5.13. The summed E-state index contributed by atoms with van der Waals surface area (Å²) in [6.45, 7) is 3.02. The lowest BCUT2D eigenvalue weighted by molar-refractivity contribution is -0.210. The lowest BCUT2D eigenvalue weighted by Gasteiger charge is -2.28. The molecule has 0 spiro atoms. The molecular weight excluding hydrogens is 294 g/mol. The van der Waals surface area contributed by atoms with Crippen molar-refractivity contribution in [2.75, 3.05) is 27.4 Å². The van der Waals surface area contributed by atoms with Crippen LogP contribution in [-0.2, 0) is 25.7 Å². The average molecular weight is 317 g/mol. The highest BCUT2D eigenvalue weighted by atomic mass is 16.7.